The van der Waals surface area contributed by atoms with Crippen LogP contribution in [0.2, 0.25) is 0 Å². The molecule has 0 amide bonds. The van der Waals surface area contributed by atoms with Crippen LogP contribution in [0.5, 0.6) is 0 Å². The third-order valence-corrected chi connectivity index (χ3v) is 7.05. The number of likely N-dealkylation sites (tertiary alicyclic amines) is 1. The first-order valence-electron chi connectivity index (χ1n) is 12.9. The Labute approximate surface area is 245 Å². The number of halogens is 1. The van der Waals surface area contributed by atoms with Gasteiger partial charge in [-0.2, -0.15) is 5.10 Å². The molecule has 208 valence electrons. The highest BCUT2D eigenvalue weighted by Gasteiger charge is 2.32. The molecule has 2 aromatic carbocycles. The molecule has 4 aromatic rings. The van der Waals surface area contributed by atoms with Crippen molar-refractivity contribution in [1.29, 1.82) is 0 Å². The molecule has 3 N–H and O–H groups in total. The molecule has 0 radical (unpaired) electrons. The smallest absolute Gasteiger partial charge is 0.281 e. The lowest BCUT2D eigenvalue weighted by molar-refractivity contribution is -0.107. The van der Waals surface area contributed by atoms with E-state index < -0.39 is 5.60 Å². The molecule has 5 rings (SSSR count). The van der Waals surface area contributed by atoms with Gasteiger partial charge in [-0.1, -0.05) is 54.6 Å². The molecular formula is C29H37IN6O3. The Bertz CT molecular complexity index is 1410. The zero-order chi connectivity index (χ0) is 27.1. The van der Waals surface area contributed by atoms with Gasteiger partial charge in [0.05, 0.1) is 24.2 Å². The molecule has 1 aliphatic heterocycles. The van der Waals surface area contributed by atoms with Crippen LogP contribution >= 0.6 is 24.0 Å². The number of aryl methyl sites for hydroxylation is 2. The molecule has 1 saturated heterocycles. The van der Waals surface area contributed by atoms with Crippen LogP contribution in [-0.2, 0) is 31.4 Å². The summed E-state index contributed by atoms with van der Waals surface area (Å²) < 4.78 is 3.17. The summed E-state index contributed by atoms with van der Waals surface area (Å²) in [7, 11) is 3.84. The Morgan fingerprint density at radius 2 is 1.67 bits per heavy atom. The third-order valence-electron chi connectivity index (χ3n) is 7.05. The fourth-order valence-corrected chi connectivity index (χ4v) is 4.71. The topological polar surface area (TPSA) is 119 Å². The number of rotatable bonds is 7. The molecule has 10 heteroatoms. The van der Waals surface area contributed by atoms with Crippen LogP contribution in [-0.4, -0.2) is 61.4 Å². The number of nitrogens with two attached hydrogens (primary N) is 1. The summed E-state index contributed by atoms with van der Waals surface area (Å²) in [5.74, 6) is 0. The lowest BCUT2D eigenvalue weighted by Gasteiger charge is -2.36. The van der Waals surface area contributed by atoms with Gasteiger partial charge in [-0.05, 0) is 37.4 Å². The molecule has 0 spiro atoms. The summed E-state index contributed by atoms with van der Waals surface area (Å²) in [6.45, 7) is 2.34. The van der Waals surface area contributed by atoms with Crippen molar-refractivity contribution in [2.24, 2.45) is 12.8 Å². The van der Waals surface area contributed by atoms with E-state index in [0.29, 0.717) is 36.8 Å². The monoisotopic (exact) mass is 644 g/mol. The maximum absolute atomic E-state index is 13.0. The summed E-state index contributed by atoms with van der Waals surface area (Å²) >= 11 is 0. The van der Waals surface area contributed by atoms with Crippen LogP contribution in [0.3, 0.4) is 0 Å². The molecular weight excluding hydrogens is 607 g/mol. The van der Waals surface area contributed by atoms with E-state index in [1.807, 2.05) is 68.7 Å². The standard InChI is InChI=1S/C20H26N6O2.C9H10O.HI/c1-24-9-7-20(28,8-10-24)12-26-13-22-16-17(19(26)27)23-25(2)18(16)15-5-3-14(11-21)4-6-15;10-8-4-7-9-5-2-1-3-6-9;/h3-6,13,28H,7-12,21H2,1-2H3;1-3,5-6,8H,4,7H2;1H. The molecule has 3 heterocycles. The number of nitrogens with zero attached hydrogens (tertiary/aromatic N) is 5. The first-order chi connectivity index (χ1) is 18.3. The van der Waals surface area contributed by atoms with Crippen LogP contribution in [0.25, 0.3) is 22.3 Å². The number of aldehydes is 1. The maximum Gasteiger partial charge on any atom is 0.281 e. The average Bonchev–Trinajstić information content (AvgIpc) is 3.28. The van der Waals surface area contributed by atoms with Crippen LogP contribution in [0.4, 0.5) is 0 Å². The fourth-order valence-electron chi connectivity index (χ4n) is 4.71. The van der Waals surface area contributed by atoms with Gasteiger partial charge in [-0.3, -0.25) is 14.0 Å². The van der Waals surface area contributed by atoms with Crippen LogP contribution in [0.15, 0.2) is 65.7 Å². The molecule has 9 nitrogen and oxygen atoms in total. The molecule has 1 aliphatic rings. The minimum Gasteiger partial charge on any atom is -0.388 e. The van der Waals surface area contributed by atoms with E-state index in [-0.39, 0.29) is 36.1 Å². The zero-order valence-electron chi connectivity index (χ0n) is 22.5. The molecule has 0 bridgehead atoms. The summed E-state index contributed by atoms with van der Waals surface area (Å²) in [4.78, 5) is 29.7. The number of hydrogen-bond donors (Lipinski definition) is 2. The summed E-state index contributed by atoms with van der Waals surface area (Å²) in [6, 6.07) is 17.9. The highest BCUT2D eigenvalue weighted by atomic mass is 127. The lowest BCUT2D eigenvalue weighted by Crippen LogP contribution is -2.47. The van der Waals surface area contributed by atoms with Crippen molar-refractivity contribution in [3.05, 3.63) is 82.4 Å². The maximum atomic E-state index is 13.0. The fraction of sp³-hybridized carbons (Fsp3) is 0.379. The Hall–Kier alpha value is -2.93. The van der Waals surface area contributed by atoms with Gasteiger partial charge in [0.15, 0.2) is 5.52 Å². The van der Waals surface area contributed by atoms with Gasteiger partial charge in [-0.15, -0.1) is 24.0 Å². The molecule has 1 fully saturated rings. The van der Waals surface area contributed by atoms with Gasteiger partial charge >= 0.3 is 0 Å². The second-order valence-electron chi connectivity index (χ2n) is 9.97. The van der Waals surface area contributed by atoms with Crippen molar-refractivity contribution in [1.82, 2.24) is 24.2 Å². The molecule has 0 aliphatic carbocycles. The van der Waals surface area contributed by atoms with E-state index in [1.165, 1.54) is 16.5 Å². The number of benzene rings is 2. The average molecular weight is 645 g/mol. The Balaban J connectivity index is 0.000000324. The number of carbonyl (C=O) groups is 1. The summed E-state index contributed by atoms with van der Waals surface area (Å²) in [6.07, 6.45) is 5.24. The first kappa shape index (κ1) is 30.6. The zero-order valence-corrected chi connectivity index (χ0v) is 24.8. The number of carbonyl (C=O) groups excluding carboxylic acids is 1. The van der Waals surface area contributed by atoms with E-state index in [1.54, 1.807) is 4.68 Å². The highest BCUT2D eigenvalue weighted by molar-refractivity contribution is 14.0. The van der Waals surface area contributed by atoms with E-state index >= 15 is 0 Å². The van der Waals surface area contributed by atoms with Crippen LogP contribution in [0.1, 0.15) is 30.4 Å². The molecule has 39 heavy (non-hydrogen) atoms. The molecule has 0 unspecified atom stereocenters. The van der Waals surface area contributed by atoms with Crippen molar-refractivity contribution in [3.63, 3.8) is 0 Å². The second kappa shape index (κ2) is 13.9. The van der Waals surface area contributed by atoms with Gasteiger partial charge in [0, 0.05) is 38.7 Å². The Morgan fingerprint density at radius 3 is 2.28 bits per heavy atom. The van der Waals surface area contributed by atoms with Crippen LogP contribution in [0, 0.1) is 0 Å². The Morgan fingerprint density at radius 1 is 1.00 bits per heavy atom. The van der Waals surface area contributed by atoms with Crippen molar-refractivity contribution in [3.8, 4) is 11.3 Å². The second-order valence-corrected chi connectivity index (χ2v) is 9.97. The number of aromatic nitrogens is 4. The van der Waals surface area contributed by atoms with Crippen molar-refractivity contribution in [2.45, 2.75) is 44.4 Å². The number of piperidine rings is 1. The van der Waals surface area contributed by atoms with Gasteiger partial charge in [-0.25, -0.2) is 4.98 Å². The lowest BCUT2D eigenvalue weighted by atomic mass is 9.91. The van der Waals surface area contributed by atoms with E-state index in [2.05, 4.69) is 15.0 Å². The van der Waals surface area contributed by atoms with Gasteiger partial charge in [0.25, 0.3) is 5.56 Å². The SMILES string of the molecule is CN1CCC(O)(Cn2cnc3c(-c4ccc(CN)cc4)n(C)nc3c2=O)CC1.I.O=CCCc1ccccc1. The summed E-state index contributed by atoms with van der Waals surface area (Å²) in [5.41, 5.74) is 9.44. The number of aliphatic hydroxyl groups is 1. The first-order valence-corrected chi connectivity index (χ1v) is 12.9. The van der Waals surface area contributed by atoms with Crippen molar-refractivity contribution >= 4 is 41.3 Å². The molecule has 0 saturated carbocycles. The van der Waals surface area contributed by atoms with Gasteiger partial charge in [0.2, 0.25) is 0 Å². The van der Waals surface area contributed by atoms with E-state index in [4.69, 9.17) is 5.73 Å². The van der Waals surface area contributed by atoms with E-state index in [0.717, 1.165) is 42.6 Å². The number of fused-ring (bicyclic) bond motifs is 1. The van der Waals surface area contributed by atoms with E-state index in [9.17, 15) is 14.7 Å². The van der Waals surface area contributed by atoms with Crippen LogP contribution < -0.4 is 11.3 Å². The van der Waals surface area contributed by atoms with Gasteiger partial charge in [0.1, 0.15) is 11.8 Å². The quantitative estimate of drug-likeness (QED) is 0.235. The normalized spacial score (nSPS) is 14.8. The third kappa shape index (κ3) is 7.59. The van der Waals surface area contributed by atoms with Crippen molar-refractivity contribution in [2.75, 3.05) is 20.1 Å². The largest absolute Gasteiger partial charge is 0.388 e. The number of hydrogen-bond acceptors (Lipinski definition) is 7. The minimum atomic E-state index is -0.888. The predicted octanol–water partition coefficient (Wildman–Crippen LogP) is 3.15. The minimum absolute atomic E-state index is 0. The predicted molar refractivity (Wildman–Crippen MR) is 164 cm³/mol. The summed E-state index contributed by atoms with van der Waals surface area (Å²) in [5, 5.41) is 15.3. The van der Waals surface area contributed by atoms with Gasteiger partial charge < -0.3 is 20.5 Å². The van der Waals surface area contributed by atoms with Crippen molar-refractivity contribution < 1.29 is 9.90 Å². The molecule has 0 atom stereocenters. The Kier molecular flexibility index (Phi) is 10.9. The molecule has 2 aromatic heterocycles. The highest BCUT2D eigenvalue weighted by Crippen LogP contribution is 2.26.